The largest absolute Gasteiger partial charge is 0.497 e. The van der Waals surface area contributed by atoms with Crippen LogP contribution in [0.15, 0.2) is 24.3 Å². The molecule has 2 fully saturated rings. The van der Waals surface area contributed by atoms with E-state index in [0.717, 1.165) is 12.8 Å². The van der Waals surface area contributed by atoms with E-state index in [4.69, 9.17) is 9.47 Å². The molecule has 1 amide bonds. The van der Waals surface area contributed by atoms with Crippen molar-refractivity contribution in [2.24, 2.45) is 11.3 Å². The molecule has 1 aromatic rings. The molecule has 1 aliphatic heterocycles. The Morgan fingerprint density at radius 1 is 1.19 bits per heavy atom. The highest BCUT2D eigenvalue weighted by Gasteiger charge is 2.54. The zero-order chi connectivity index (χ0) is 19.8. The highest BCUT2D eigenvalue weighted by molar-refractivity contribution is 5.97. The van der Waals surface area contributed by atoms with Gasteiger partial charge in [-0.25, -0.2) is 4.79 Å². The minimum atomic E-state index is -1.02. The lowest BCUT2D eigenvalue weighted by molar-refractivity contribution is -0.144. The Morgan fingerprint density at radius 3 is 2.26 bits per heavy atom. The van der Waals surface area contributed by atoms with Crippen LogP contribution in [0.5, 0.6) is 5.75 Å². The Hall–Kier alpha value is -2.08. The first-order valence-corrected chi connectivity index (χ1v) is 9.52. The molecular weight excluding hydrogens is 346 g/mol. The Balaban J connectivity index is 1.88. The number of amides is 1. The zero-order valence-electron chi connectivity index (χ0n) is 16.5. The van der Waals surface area contributed by atoms with E-state index >= 15 is 0 Å². The summed E-state index contributed by atoms with van der Waals surface area (Å²) in [7, 11) is 1.56. The number of ether oxygens (including phenoxy) is 2. The van der Waals surface area contributed by atoms with Crippen molar-refractivity contribution in [2.45, 2.75) is 58.2 Å². The summed E-state index contributed by atoms with van der Waals surface area (Å²) < 4.78 is 11.2. The third-order valence-corrected chi connectivity index (χ3v) is 6.09. The molecular formula is C21H29NO5. The second-order valence-electron chi connectivity index (χ2n) is 8.66. The quantitative estimate of drug-likeness (QED) is 0.874. The molecule has 1 aromatic carbocycles. The van der Waals surface area contributed by atoms with Crippen molar-refractivity contribution in [3.05, 3.63) is 29.8 Å². The number of aliphatic carboxylic acids is 1. The molecule has 2 aliphatic rings. The van der Waals surface area contributed by atoms with Gasteiger partial charge in [-0.05, 0) is 61.3 Å². The monoisotopic (exact) mass is 375 g/mol. The molecule has 6 heteroatoms. The first-order chi connectivity index (χ1) is 12.7. The van der Waals surface area contributed by atoms with E-state index in [-0.39, 0.29) is 17.9 Å². The Bertz CT molecular complexity index is 698. The summed E-state index contributed by atoms with van der Waals surface area (Å²) in [5.41, 5.74) is -0.177. The van der Waals surface area contributed by atoms with E-state index in [0.29, 0.717) is 30.1 Å². The fraction of sp³-hybridized carbons (Fsp3) is 0.619. The topological polar surface area (TPSA) is 76.1 Å². The summed E-state index contributed by atoms with van der Waals surface area (Å²) in [6.45, 7) is 6.72. The molecule has 1 heterocycles. The molecule has 1 saturated heterocycles. The van der Waals surface area contributed by atoms with Gasteiger partial charge in [0, 0.05) is 5.56 Å². The van der Waals surface area contributed by atoms with E-state index in [1.165, 1.54) is 4.90 Å². The lowest BCUT2D eigenvalue weighted by atomic mass is 9.70. The molecule has 148 valence electrons. The summed E-state index contributed by atoms with van der Waals surface area (Å²) >= 11 is 0. The predicted molar refractivity (Wildman–Crippen MR) is 101 cm³/mol. The van der Waals surface area contributed by atoms with Gasteiger partial charge in [-0.15, -0.1) is 0 Å². The van der Waals surface area contributed by atoms with Crippen molar-refractivity contribution < 1.29 is 24.2 Å². The molecule has 1 aliphatic carbocycles. The average Bonchev–Trinajstić information content (AvgIpc) is 2.99. The second kappa shape index (κ2) is 7.15. The van der Waals surface area contributed by atoms with E-state index in [1.807, 2.05) is 0 Å². The van der Waals surface area contributed by atoms with Crippen molar-refractivity contribution in [1.29, 1.82) is 0 Å². The lowest BCUT2D eigenvalue weighted by Crippen LogP contribution is -2.55. The summed E-state index contributed by atoms with van der Waals surface area (Å²) in [5.74, 6) is -0.128. The SMILES string of the molecule is COc1ccc(C(=O)N2[C@H](C(=O)O)COC23CCC(C(C)(C)C)CC3)cc1. The smallest absolute Gasteiger partial charge is 0.328 e. The molecule has 0 radical (unpaired) electrons. The van der Waals surface area contributed by atoms with Crippen LogP contribution in [0.2, 0.25) is 0 Å². The number of carboxylic acid groups (broad SMARTS) is 1. The molecule has 0 aromatic heterocycles. The normalized spacial score (nSPS) is 28.4. The van der Waals surface area contributed by atoms with Gasteiger partial charge in [0.1, 0.15) is 11.5 Å². The Morgan fingerprint density at radius 2 is 1.78 bits per heavy atom. The van der Waals surface area contributed by atoms with Crippen molar-refractivity contribution >= 4 is 11.9 Å². The van der Waals surface area contributed by atoms with Crippen molar-refractivity contribution in [2.75, 3.05) is 13.7 Å². The molecule has 1 N–H and O–H groups in total. The summed E-state index contributed by atoms with van der Waals surface area (Å²) in [4.78, 5) is 26.5. The molecule has 6 nitrogen and oxygen atoms in total. The second-order valence-corrected chi connectivity index (χ2v) is 8.66. The Kier molecular flexibility index (Phi) is 5.21. The van der Waals surface area contributed by atoms with Crippen LogP contribution >= 0.6 is 0 Å². The molecule has 0 bridgehead atoms. The van der Waals surface area contributed by atoms with Gasteiger partial charge >= 0.3 is 5.97 Å². The minimum Gasteiger partial charge on any atom is -0.497 e. The molecule has 1 spiro atoms. The van der Waals surface area contributed by atoms with Crippen LogP contribution in [0.1, 0.15) is 56.8 Å². The summed E-state index contributed by atoms with van der Waals surface area (Å²) in [6.07, 6.45) is 3.17. The third kappa shape index (κ3) is 3.68. The number of hydrogen-bond donors (Lipinski definition) is 1. The van der Waals surface area contributed by atoms with Gasteiger partial charge in [-0.2, -0.15) is 0 Å². The van der Waals surface area contributed by atoms with Gasteiger partial charge in [0.25, 0.3) is 5.91 Å². The summed E-state index contributed by atoms with van der Waals surface area (Å²) in [5, 5.41) is 9.66. The predicted octanol–water partition coefficient (Wildman–Crippen LogP) is 3.55. The van der Waals surface area contributed by atoms with Gasteiger partial charge in [0.2, 0.25) is 0 Å². The van der Waals surface area contributed by atoms with E-state index in [2.05, 4.69) is 20.8 Å². The van der Waals surface area contributed by atoms with Crippen LogP contribution in [0, 0.1) is 11.3 Å². The third-order valence-electron chi connectivity index (χ3n) is 6.09. The number of benzene rings is 1. The molecule has 1 saturated carbocycles. The fourth-order valence-corrected chi connectivity index (χ4v) is 4.36. The molecule has 1 atom stereocenters. The fourth-order valence-electron chi connectivity index (χ4n) is 4.36. The first kappa shape index (κ1) is 19.7. The number of carboxylic acids is 1. The van der Waals surface area contributed by atoms with Gasteiger partial charge in [-0.3, -0.25) is 9.69 Å². The van der Waals surface area contributed by atoms with Crippen molar-refractivity contribution in [3.8, 4) is 5.75 Å². The van der Waals surface area contributed by atoms with Crippen molar-refractivity contribution in [3.63, 3.8) is 0 Å². The van der Waals surface area contributed by atoms with Crippen LogP contribution in [0.3, 0.4) is 0 Å². The van der Waals surface area contributed by atoms with Crippen LogP contribution < -0.4 is 4.74 Å². The van der Waals surface area contributed by atoms with Gasteiger partial charge < -0.3 is 14.6 Å². The number of rotatable bonds is 3. The van der Waals surface area contributed by atoms with E-state index < -0.39 is 17.7 Å². The van der Waals surface area contributed by atoms with E-state index in [9.17, 15) is 14.7 Å². The first-order valence-electron chi connectivity index (χ1n) is 9.52. The standard InChI is InChI=1S/C21H29NO5/c1-20(2,3)15-9-11-21(12-10-15)22(17(13-27-21)19(24)25)18(23)14-5-7-16(26-4)8-6-14/h5-8,15,17H,9-13H2,1-4H3,(H,24,25)/t15?,17-,21?/m0/s1. The maximum atomic E-state index is 13.3. The highest BCUT2D eigenvalue weighted by Crippen LogP contribution is 2.47. The van der Waals surface area contributed by atoms with Crippen LogP contribution in [-0.4, -0.2) is 47.4 Å². The van der Waals surface area contributed by atoms with Crippen LogP contribution in [0.4, 0.5) is 0 Å². The number of nitrogens with zero attached hydrogens (tertiary/aromatic N) is 1. The molecule has 3 rings (SSSR count). The average molecular weight is 375 g/mol. The van der Waals surface area contributed by atoms with Crippen LogP contribution in [-0.2, 0) is 9.53 Å². The number of carbonyl (C=O) groups excluding carboxylic acids is 1. The summed E-state index contributed by atoms with van der Waals surface area (Å²) in [6, 6.07) is 5.82. The maximum Gasteiger partial charge on any atom is 0.328 e. The zero-order valence-corrected chi connectivity index (χ0v) is 16.5. The maximum absolute atomic E-state index is 13.3. The molecule has 0 unspecified atom stereocenters. The Labute approximate surface area is 160 Å². The lowest BCUT2D eigenvalue weighted by Gasteiger charge is -2.46. The highest BCUT2D eigenvalue weighted by atomic mass is 16.5. The van der Waals surface area contributed by atoms with Gasteiger partial charge in [-0.1, -0.05) is 20.8 Å². The van der Waals surface area contributed by atoms with Crippen molar-refractivity contribution in [1.82, 2.24) is 4.90 Å². The number of carbonyl (C=O) groups is 2. The van der Waals surface area contributed by atoms with E-state index in [1.54, 1.807) is 31.4 Å². The number of hydrogen-bond acceptors (Lipinski definition) is 4. The number of methoxy groups -OCH3 is 1. The minimum absolute atomic E-state index is 0.0391. The van der Waals surface area contributed by atoms with Gasteiger partial charge in [0.15, 0.2) is 6.04 Å². The van der Waals surface area contributed by atoms with Gasteiger partial charge in [0.05, 0.1) is 13.7 Å². The molecule has 27 heavy (non-hydrogen) atoms. The van der Waals surface area contributed by atoms with Crippen LogP contribution in [0.25, 0.3) is 0 Å².